The Kier molecular flexibility index (Phi) is 5.73. The summed E-state index contributed by atoms with van der Waals surface area (Å²) in [5, 5.41) is 3.38. The van der Waals surface area contributed by atoms with Crippen LogP contribution in [0.4, 0.5) is 5.82 Å². The van der Waals surface area contributed by atoms with Gasteiger partial charge in [0.2, 0.25) is 0 Å². The monoisotopic (exact) mass is 283 g/mol. The minimum absolute atomic E-state index is 0.792. The van der Waals surface area contributed by atoms with E-state index in [1.165, 1.54) is 11.1 Å². The van der Waals surface area contributed by atoms with Crippen molar-refractivity contribution in [3.05, 3.63) is 53.0 Å². The van der Waals surface area contributed by atoms with Gasteiger partial charge in [0.15, 0.2) is 0 Å². The standard InChI is InChI=1S/C18H25N3/c1-4-7-16-13-17(19-10-5-2)21-18(20-16)12-15-9-6-8-14(3)11-15/h6,8-9,11,13H,4-5,7,10,12H2,1-3H3,(H,19,20,21). The molecule has 0 saturated heterocycles. The molecule has 0 fully saturated rings. The lowest BCUT2D eigenvalue weighted by molar-refractivity contribution is 0.838. The molecule has 3 heteroatoms. The van der Waals surface area contributed by atoms with E-state index in [0.29, 0.717) is 0 Å². The quantitative estimate of drug-likeness (QED) is 0.829. The molecule has 1 N–H and O–H groups in total. The van der Waals surface area contributed by atoms with Gasteiger partial charge < -0.3 is 5.32 Å². The van der Waals surface area contributed by atoms with Crippen LogP contribution >= 0.6 is 0 Å². The van der Waals surface area contributed by atoms with Gasteiger partial charge in [0.05, 0.1) is 0 Å². The van der Waals surface area contributed by atoms with Crippen molar-refractivity contribution in [2.75, 3.05) is 11.9 Å². The average Bonchev–Trinajstić information content (AvgIpc) is 2.45. The van der Waals surface area contributed by atoms with Gasteiger partial charge in [-0.3, -0.25) is 0 Å². The van der Waals surface area contributed by atoms with Crippen molar-refractivity contribution in [3.8, 4) is 0 Å². The van der Waals surface area contributed by atoms with Crippen molar-refractivity contribution in [1.29, 1.82) is 0 Å². The molecule has 1 aromatic heterocycles. The Morgan fingerprint density at radius 1 is 1.05 bits per heavy atom. The van der Waals surface area contributed by atoms with Crippen molar-refractivity contribution in [2.24, 2.45) is 0 Å². The van der Waals surface area contributed by atoms with Gasteiger partial charge in [-0.05, 0) is 25.3 Å². The third-order valence-electron chi connectivity index (χ3n) is 3.33. The van der Waals surface area contributed by atoms with Gasteiger partial charge in [-0.2, -0.15) is 0 Å². The average molecular weight is 283 g/mol. The van der Waals surface area contributed by atoms with Crippen LogP contribution in [0.2, 0.25) is 0 Å². The fourth-order valence-corrected chi connectivity index (χ4v) is 2.36. The molecule has 0 amide bonds. The predicted octanol–water partition coefficient (Wildman–Crippen LogP) is 4.15. The fraction of sp³-hybridized carbons (Fsp3) is 0.444. The van der Waals surface area contributed by atoms with Gasteiger partial charge in [0.1, 0.15) is 11.6 Å². The zero-order valence-corrected chi connectivity index (χ0v) is 13.3. The van der Waals surface area contributed by atoms with E-state index < -0.39 is 0 Å². The number of hydrogen-bond donors (Lipinski definition) is 1. The lowest BCUT2D eigenvalue weighted by Crippen LogP contribution is -2.08. The number of aryl methyl sites for hydroxylation is 2. The van der Waals surface area contributed by atoms with Gasteiger partial charge in [-0.25, -0.2) is 9.97 Å². The number of nitrogens with one attached hydrogen (secondary N) is 1. The molecule has 21 heavy (non-hydrogen) atoms. The molecule has 0 spiro atoms. The molecule has 0 aliphatic rings. The molecule has 1 aromatic carbocycles. The number of anilines is 1. The van der Waals surface area contributed by atoms with Crippen LogP contribution < -0.4 is 5.32 Å². The lowest BCUT2D eigenvalue weighted by atomic mass is 10.1. The summed E-state index contributed by atoms with van der Waals surface area (Å²) in [6.07, 6.45) is 4.00. The predicted molar refractivity (Wildman–Crippen MR) is 88.8 cm³/mol. The topological polar surface area (TPSA) is 37.8 Å². The Morgan fingerprint density at radius 3 is 2.62 bits per heavy atom. The van der Waals surface area contributed by atoms with E-state index in [4.69, 9.17) is 4.98 Å². The largest absolute Gasteiger partial charge is 0.370 e. The molecule has 0 saturated carbocycles. The summed E-state index contributed by atoms with van der Waals surface area (Å²) in [6, 6.07) is 10.6. The van der Waals surface area contributed by atoms with Crippen molar-refractivity contribution >= 4 is 5.82 Å². The maximum atomic E-state index is 4.71. The minimum atomic E-state index is 0.792. The van der Waals surface area contributed by atoms with Crippen molar-refractivity contribution in [3.63, 3.8) is 0 Å². The van der Waals surface area contributed by atoms with E-state index in [-0.39, 0.29) is 0 Å². The van der Waals surface area contributed by atoms with Crippen LogP contribution in [0.25, 0.3) is 0 Å². The van der Waals surface area contributed by atoms with Crippen LogP contribution in [0.1, 0.15) is 49.3 Å². The first-order valence-corrected chi connectivity index (χ1v) is 7.87. The number of rotatable bonds is 7. The van der Waals surface area contributed by atoms with E-state index in [0.717, 1.165) is 49.6 Å². The van der Waals surface area contributed by atoms with E-state index in [2.05, 4.69) is 61.4 Å². The summed E-state index contributed by atoms with van der Waals surface area (Å²) in [6.45, 7) is 7.41. The lowest BCUT2D eigenvalue weighted by Gasteiger charge is -2.09. The number of benzene rings is 1. The first-order valence-electron chi connectivity index (χ1n) is 7.87. The Bertz CT molecular complexity index is 578. The number of aromatic nitrogens is 2. The summed E-state index contributed by atoms with van der Waals surface area (Å²) >= 11 is 0. The minimum Gasteiger partial charge on any atom is -0.370 e. The highest BCUT2D eigenvalue weighted by Gasteiger charge is 2.05. The maximum absolute atomic E-state index is 4.71. The molecule has 0 aliphatic heterocycles. The molecule has 0 unspecified atom stereocenters. The molecule has 3 nitrogen and oxygen atoms in total. The summed E-state index contributed by atoms with van der Waals surface area (Å²) in [7, 11) is 0. The van der Waals surface area contributed by atoms with Crippen LogP contribution in [-0.2, 0) is 12.8 Å². The third kappa shape index (κ3) is 4.85. The van der Waals surface area contributed by atoms with Gasteiger partial charge in [-0.15, -0.1) is 0 Å². The molecule has 1 heterocycles. The zero-order chi connectivity index (χ0) is 15.1. The van der Waals surface area contributed by atoms with E-state index in [1.807, 2.05) is 0 Å². The smallest absolute Gasteiger partial charge is 0.135 e. The zero-order valence-electron chi connectivity index (χ0n) is 13.3. The van der Waals surface area contributed by atoms with Gasteiger partial charge in [0, 0.05) is 24.7 Å². The number of nitrogens with zero attached hydrogens (tertiary/aromatic N) is 2. The van der Waals surface area contributed by atoms with E-state index in [9.17, 15) is 0 Å². The molecule has 112 valence electrons. The van der Waals surface area contributed by atoms with Gasteiger partial charge in [-0.1, -0.05) is 50.1 Å². The molecular formula is C18H25N3. The van der Waals surface area contributed by atoms with Gasteiger partial charge >= 0.3 is 0 Å². The molecule has 0 atom stereocenters. The summed E-state index contributed by atoms with van der Waals surface area (Å²) in [4.78, 5) is 9.36. The van der Waals surface area contributed by atoms with Gasteiger partial charge in [0.25, 0.3) is 0 Å². The van der Waals surface area contributed by atoms with Crippen LogP contribution in [-0.4, -0.2) is 16.5 Å². The second kappa shape index (κ2) is 7.77. The maximum Gasteiger partial charge on any atom is 0.135 e. The van der Waals surface area contributed by atoms with Crippen LogP contribution in [0.15, 0.2) is 30.3 Å². The Balaban J connectivity index is 2.22. The highest BCUT2D eigenvalue weighted by molar-refractivity contribution is 5.37. The van der Waals surface area contributed by atoms with Crippen molar-refractivity contribution < 1.29 is 0 Å². The third-order valence-corrected chi connectivity index (χ3v) is 3.33. The van der Waals surface area contributed by atoms with Crippen LogP contribution in [0.3, 0.4) is 0 Å². The first-order chi connectivity index (χ1) is 10.2. The van der Waals surface area contributed by atoms with Crippen molar-refractivity contribution in [2.45, 2.75) is 46.5 Å². The fourth-order valence-electron chi connectivity index (χ4n) is 2.36. The Labute approximate surface area is 127 Å². The van der Waals surface area contributed by atoms with Crippen LogP contribution in [0.5, 0.6) is 0 Å². The highest BCUT2D eigenvalue weighted by Crippen LogP contribution is 2.13. The normalized spacial score (nSPS) is 10.6. The van der Waals surface area contributed by atoms with Crippen molar-refractivity contribution in [1.82, 2.24) is 9.97 Å². The summed E-state index contributed by atoms with van der Waals surface area (Å²) in [5.74, 6) is 1.86. The first kappa shape index (κ1) is 15.5. The molecular weight excluding hydrogens is 258 g/mol. The highest BCUT2D eigenvalue weighted by atomic mass is 15.0. The molecule has 2 rings (SSSR count). The summed E-state index contributed by atoms with van der Waals surface area (Å²) in [5.41, 5.74) is 3.68. The second-order valence-corrected chi connectivity index (χ2v) is 5.50. The van der Waals surface area contributed by atoms with E-state index >= 15 is 0 Å². The molecule has 0 bridgehead atoms. The van der Waals surface area contributed by atoms with E-state index in [1.54, 1.807) is 0 Å². The molecule has 0 radical (unpaired) electrons. The molecule has 0 aliphatic carbocycles. The SMILES string of the molecule is CCCNc1cc(CCC)nc(Cc2cccc(C)c2)n1. The second-order valence-electron chi connectivity index (χ2n) is 5.50. The Morgan fingerprint density at radius 2 is 1.90 bits per heavy atom. The van der Waals surface area contributed by atoms with Crippen LogP contribution in [0, 0.1) is 6.92 Å². The Hall–Kier alpha value is -1.90. The summed E-state index contributed by atoms with van der Waals surface area (Å²) < 4.78 is 0. The number of hydrogen-bond acceptors (Lipinski definition) is 3. The molecule has 2 aromatic rings.